The number of hydrogen-bond donors (Lipinski definition) is 1. The van der Waals surface area contributed by atoms with Gasteiger partial charge in [-0.3, -0.25) is 10.1 Å². The van der Waals surface area contributed by atoms with Gasteiger partial charge in [-0.1, -0.05) is 83.8 Å². The van der Waals surface area contributed by atoms with E-state index in [0.29, 0.717) is 11.5 Å². The second-order valence-corrected chi connectivity index (χ2v) is 8.04. The number of oxazole rings is 1. The summed E-state index contributed by atoms with van der Waals surface area (Å²) in [6, 6.07) is 18.9. The number of aromatic nitrogens is 3. The molecule has 0 atom stereocenters. The molecule has 4 rings (SSSR count). The van der Waals surface area contributed by atoms with E-state index in [9.17, 15) is 18.0 Å². The lowest BCUT2D eigenvalue weighted by molar-refractivity contribution is -0.138. The second-order valence-electron chi connectivity index (χ2n) is 6.14. The summed E-state index contributed by atoms with van der Waals surface area (Å²) in [7, 11) is 0. The Hall–Kier alpha value is -3.18. The summed E-state index contributed by atoms with van der Waals surface area (Å²) in [4.78, 5) is 16.6. The lowest BCUT2D eigenvalue weighted by Gasteiger charge is -2.00. The van der Waals surface area contributed by atoms with Gasteiger partial charge in [0.15, 0.2) is 5.76 Å². The highest BCUT2D eigenvalue weighted by atomic mass is 32.2. The average molecular weight is 462 g/mol. The first-order valence-corrected chi connectivity index (χ1v) is 10.7. The van der Waals surface area contributed by atoms with E-state index < -0.39 is 17.1 Å². The summed E-state index contributed by atoms with van der Waals surface area (Å²) in [5, 5.41) is 7.60. The van der Waals surface area contributed by atoms with E-state index in [4.69, 9.17) is 4.42 Å². The maximum absolute atomic E-state index is 12.6. The van der Waals surface area contributed by atoms with E-state index >= 15 is 0 Å². The van der Waals surface area contributed by atoms with Gasteiger partial charge in [0, 0.05) is 11.1 Å². The molecule has 2 heterocycles. The van der Waals surface area contributed by atoms with Crippen LogP contribution >= 0.6 is 23.1 Å². The van der Waals surface area contributed by atoms with Crippen LogP contribution in [0.5, 0.6) is 0 Å². The van der Waals surface area contributed by atoms with Crippen molar-refractivity contribution in [2.45, 2.75) is 11.4 Å². The smallest absolute Gasteiger partial charge is 0.431 e. The molecule has 2 aromatic carbocycles. The van der Waals surface area contributed by atoms with Gasteiger partial charge in [-0.15, -0.1) is 10.2 Å². The number of carbonyl (C=O) groups is 1. The normalized spacial score (nSPS) is 11.5. The van der Waals surface area contributed by atoms with Crippen LogP contribution in [0.1, 0.15) is 5.01 Å². The molecule has 0 saturated carbocycles. The molecule has 1 N–H and O–H groups in total. The molecule has 0 fully saturated rings. The SMILES string of the molecule is O=C(CSc1nc(-c2ccccc2)c(-c2ccccc2)o1)Nc1nnc(C(F)(F)F)s1. The third-order valence-electron chi connectivity index (χ3n) is 3.93. The molecule has 0 aliphatic carbocycles. The molecular formula is C20H13F3N4O2S2. The largest absolute Gasteiger partial charge is 0.445 e. The van der Waals surface area contributed by atoms with Crippen molar-refractivity contribution in [1.29, 1.82) is 0 Å². The summed E-state index contributed by atoms with van der Waals surface area (Å²) >= 11 is 1.29. The number of carbonyl (C=O) groups excluding carboxylic acids is 1. The van der Waals surface area contributed by atoms with Crippen molar-refractivity contribution >= 4 is 34.1 Å². The minimum Gasteiger partial charge on any atom is -0.431 e. The molecule has 0 bridgehead atoms. The first-order valence-electron chi connectivity index (χ1n) is 8.85. The Labute approximate surface area is 182 Å². The van der Waals surface area contributed by atoms with Crippen molar-refractivity contribution in [2.24, 2.45) is 0 Å². The minimum atomic E-state index is -4.60. The van der Waals surface area contributed by atoms with Crippen LogP contribution in [0.15, 0.2) is 70.3 Å². The van der Waals surface area contributed by atoms with Gasteiger partial charge >= 0.3 is 6.18 Å². The van der Waals surface area contributed by atoms with Gasteiger partial charge in [0.05, 0.1) is 5.75 Å². The number of alkyl halides is 3. The summed E-state index contributed by atoms with van der Waals surface area (Å²) in [6.07, 6.45) is -4.60. The number of amides is 1. The van der Waals surface area contributed by atoms with E-state index in [1.54, 1.807) is 0 Å². The number of halogens is 3. The van der Waals surface area contributed by atoms with Crippen molar-refractivity contribution < 1.29 is 22.4 Å². The summed E-state index contributed by atoms with van der Waals surface area (Å²) in [6.45, 7) is 0. The zero-order valence-corrected chi connectivity index (χ0v) is 17.2. The Bertz CT molecular complexity index is 1120. The molecule has 158 valence electrons. The van der Waals surface area contributed by atoms with Gasteiger partial charge in [-0.2, -0.15) is 13.2 Å². The molecule has 1 amide bonds. The first kappa shape index (κ1) is 21.1. The van der Waals surface area contributed by atoms with Gasteiger partial charge in [0.2, 0.25) is 16.0 Å². The highest BCUT2D eigenvalue weighted by Crippen LogP contribution is 2.36. The van der Waals surface area contributed by atoms with Gasteiger partial charge in [0.25, 0.3) is 5.22 Å². The fourth-order valence-electron chi connectivity index (χ4n) is 2.61. The van der Waals surface area contributed by atoms with E-state index in [1.807, 2.05) is 60.7 Å². The maximum atomic E-state index is 12.6. The van der Waals surface area contributed by atoms with Gasteiger partial charge in [0.1, 0.15) is 5.69 Å². The van der Waals surface area contributed by atoms with E-state index in [0.717, 1.165) is 22.9 Å². The Kier molecular flexibility index (Phi) is 6.05. The highest BCUT2D eigenvalue weighted by molar-refractivity contribution is 7.99. The first-order chi connectivity index (χ1) is 14.9. The topological polar surface area (TPSA) is 80.9 Å². The summed E-state index contributed by atoms with van der Waals surface area (Å²) < 4.78 is 43.7. The van der Waals surface area contributed by atoms with Crippen LogP contribution in [0.2, 0.25) is 0 Å². The fraction of sp³-hybridized carbons (Fsp3) is 0.100. The number of thioether (sulfide) groups is 1. The third-order valence-corrected chi connectivity index (χ3v) is 5.64. The number of anilines is 1. The Morgan fingerprint density at radius 1 is 1.00 bits per heavy atom. The quantitative estimate of drug-likeness (QED) is 0.375. The zero-order chi connectivity index (χ0) is 21.8. The fourth-order valence-corrected chi connectivity index (χ4v) is 3.86. The monoisotopic (exact) mass is 462 g/mol. The van der Waals surface area contributed by atoms with Gasteiger partial charge < -0.3 is 4.42 Å². The number of nitrogens with zero attached hydrogens (tertiary/aromatic N) is 3. The van der Waals surface area contributed by atoms with Crippen LogP contribution in [0, 0.1) is 0 Å². The Morgan fingerprint density at radius 3 is 2.26 bits per heavy atom. The highest BCUT2D eigenvalue weighted by Gasteiger charge is 2.35. The van der Waals surface area contributed by atoms with Crippen molar-refractivity contribution in [1.82, 2.24) is 15.2 Å². The molecular weight excluding hydrogens is 449 g/mol. The summed E-state index contributed by atoms with van der Waals surface area (Å²) in [5.41, 5.74) is 2.32. The molecule has 0 saturated heterocycles. The van der Waals surface area contributed by atoms with Crippen molar-refractivity contribution in [2.75, 3.05) is 11.1 Å². The van der Waals surface area contributed by atoms with E-state index in [-0.39, 0.29) is 27.4 Å². The molecule has 2 aromatic heterocycles. The maximum Gasteiger partial charge on any atom is 0.445 e. The lowest BCUT2D eigenvalue weighted by Crippen LogP contribution is -2.13. The second kappa shape index (κ2) is 8.90. The van der Waals surface area contributed by atoms with Crippen LogP contribution in [-0.2, 0) is 11.0 Å². The minimum absolute atomic E-state index is 0.121. The molecule has 0 radical (unpaired) electrons. The molecule has 0 aliphatic heterocycles. The molecule has 0 aliphatic rings. The zero-order valence-electron chi connectivity index (χ0n) is 15.6. The average Bonchev–Trinajstić information content (AvgIpc) is 3.41. The van der Waals surface area contributed by atoms with Crippen LogP contribution < -0.4 is 5.32 Å². The molecule has 6 nitrogen and oxygen atoms in total. The van der Waals surface area contributed by atoms with Crippen LogP contribution in [-0.4, -0.2) is 26.8 Å². The van der Waals surface area contributed by atoms with E-state index in [2.05, 4.69) is 20.5 Å². The number of benzene rings is 2. The lowest BCUT2D eigenvalue weighted by atomic mass is 10.1. The Morgan fingerprint density at radius 2 is 1.65 bits per heavy atom. The predicted molar refractivity (Wildman–Crippen MR) is 112 cm³/mol. The molecule has 4 aromatic rings. The van der Waals surface area contributed by atoms with E-state index in [1.165, 1.54) is 0 Å². The van der Waals surface area contributed by atoms with Crippen molar-refractivity contribution in [3.8, 4) is 22.6 Å². The molecule has 11 heteroatoms. The van der Waals surface area contributed by atoms with Crippen LogP contribution in [0.3, 0.4) is 0 Å². The number of nitrogens with one attached hydrogen (secondary N) is 1. The van der Waals surface area contributed by atoms with Crippen LogP contribution in [0.4, 0.5) is 18.3 Å². The molecule has 0 unspecified atom stereocenters. The van der Waals surface area contributed by atoms with Crippen molar-refractivity contribution in [3.05, 3.63) is 65.7 Å². The number of hydrogen-bond acceptors (Lipinski definition) is 7. The molecule has 31 heavy (non-hydrogen) atoms. The standard InChI is InChI=1S/C20H13F3N4O2S2/c21-20(22,23)17-26-27-18(31-17)24-14(28)11-30-19-25-15(12-7-3-1-4-8-12)16(29-19)13-9-5-2-6-10-13/h1-10H,11H2,(H,24,27,28). The summed E-state index contributed by atoms with van der Waals surface area (Å²) in [5.74, 6) is -0.103. The van der Waals surface area contributed by atoms with Gasteiger partial charge in [-0.25, -0.2) is 4.98 Å². The van der Waals surface area contributed by atoms with Gasteiger partial charge in [-0.05, 0) is 0 Å². The predicted octanol–water partition coefficient (Wildman–Crippen LogP) is 5.61. The third kappa shape index (κ3) is 5.12. The molecule has 0 spiro atoms. The number of rotatable bonds is 6. The van der Waals surface area contributed by atoms with Crippen LogP contribution in [0.25, 0.3) is 22.6 Å². The van der Waals surface area contributed by atoms with Crippen molar-refractivity contribution in [3.63, 3.8) is 0 Å². The Balaban J connectivity index is 1.49.